The Labute approximate surface area is 166 Å². The van der Waals surface area contributed by atoms with E-state index in [0.29, 0.717) is 0 Å². The summed E-state index contributed by atoms with van der Waals surface area (Å²) in [5.41, 5.74) is 0. The number of nitrogens with one attached hydrogen (secondary N) is 1. The first-order valence-corrected chi connectivity index (χ1v) is 8.50. The molecule has 3 rings (SSSR count). The predicted molar refractivity (Wildman–Crippen MR) is 111 cm³/mol. The summed E-state index contributed by atoms with van der Waals surface area (Å²) in [6, 6.07) is 12.0. The summed E-state index contributed by atoms with van der Waals surface area (Å²) in [6.07, 6.45) is 6.07. The number of aliphatic imine (C=N–C) groups is 1. The van der Waals surface area contributed by atoms with E-state index in [4.69, 9.17) is 4.74 Å². The van der Waals surface area contributed by atoms with Gasteiger partial charge in [-0.15, -0.1) is 24.0 Å². The first-order valence-electron chi connectivity index (χ1n) is 8.50. The van der Waals surface area contributed by atoms with Crippen molar-refractivity contribution in [3.63, 3.8) is 0 Å². The van der Waals surface area contributed by atoms with Crippen molar-refractivity contribution in [3.8, 4) is 5.75 Å². The van der Waals surface area contributed by atoms with Crippen LogP contribution in [0.1, 0.15) is 12.8 Å². The Hall–Kier alpha value is -1.77. The number of hydrogen-bond donors (Lipinski definition) is 1. The summed E-state index contributed by atoms with van der Waals surface area (Å²) >= 11 is 0. The molecule has 1 aromatic carbocycles. The van der Waals surface area contributed by atoms with Gasteiger partial charge in [-0.3, -0.25) is 9.67 Å². The van der Waals surface area contributed by atoms with Gasteiger partial charge in [0.15, 0.2) is 5.96 Å². The third-order valence-electron chi connectivity index (χ3n) is 4.18. The molecular weight excluding hydrogens is 429 g/mol. The zero-order chi connectivity index (χ0) is 16.6. The number of likely N-dealkylation sites (tertiary alicyclic amines) is 1. The summed E-state index contributed by atoms with van der Waals surface area (Å²) in [7, 11) is 1.84. The lowest BCUT2D eigenvalue weighted by atomic mass is 10.1. The van der Waals surface area contributed by atoms with Crippen LogP contribution in [0.2, 0.25) is 0 Å². The van der Waals surface area contributed by atoms with Gasteiger partial charge in [-0.1, -0.05) is 18.2 Å². The van der Waals surface area contributed by atoms with E-state index in [-0.39, 0.29) is 30.1 Å². The minimum absolute atomic E-state index is 0. The van der Waals surface area contributed by atoms with Crippen LogP contribution >= 0.6 is 24.0 Å². The van der Waals surface area contributed by atoms with E-state index in [2.05, 4.69) is 20.3 Å². The van der Waals surface area contributed by atoms with Crippen molar-refractivity contribution < 1.29 is 4.74 Å². The number of guanidine groups is 1. The number of benzene rings is 1. The lowest BCUT2D eigenvalue weighted by molar-refractivity contribution is 0.129. The number of hydrogen-bond acceptors (Lipinski definition) is 3. The third kappa shape index (κ3) is 5.91. The smallest absolute Gasteiger partial charge is 0.193 e. The summed E-state index contributed by atoms with van der Waals surface area (Å²) in [5.74, 6) is 1.91. The van der Waals surface area contributed by atoms with Crippen LogP contribution in [0.25, 0.3) is 0 Å². The molecule has 2 heterocycles. The SMILES string of the molecule is CN=C(NCCn1cccn1)N1CCC(Oc2ccccc2)CC1.I. The van der Waals surface area contributed by atoms with E-state index in [1.165, 1.54) is 0 Å². The molecule has 1 aliphatic rings. The third-order valence-corrected chi connectivity index (χ3v) is 4.18. The maximum Gasteiger partial charge on any atom is 0.193 e. The fourth-order valence-electron chi connectivity index (χ4n) is 2.92. The highest BCUT2D eigenvalue weighted by Crippen LogP contribution is 2.18. The van der Waals surface area contributed by atoms with Gasteiger partial charge >= 0.3 is 0 Å². The number of ether oxygens (including phenoxy) is 1. The van der Waals surface area contributed by atoms with Gasteiger partial charge in [0.25, 0.3) is 0 Å². The van der Waals surface area contributed by atoms with Crippen LogP contribution in [0.15, 0.2) is 53.8 Å². The van der Waals surface area contributed by atoms with Crippen LogP contribution < -0.4 is 10.1 Å². The Kier molecular flexibility index (Phi) is 8.03. The first-order chi connectivity index (χ1) is 11.8. The molecule has 1 aromatic heterocycles. The van der Waals surface area contributed by atoms with Crippen LogP contribution in [-0.4, -0.2) is 53.4 Å². The van der Waals surface area contributed by atoms with Crippen LogP contribution in [-0.2, 0) is 6.54 Å². The van der Waals surface area contributed by atoms with Crippen molar-refractivity contribution in [2.75, 3.05) is 26.7 Å². The van der Waals surface area contributed by atoms with Gasteiger partial charge in [0.05, 0.1) is 6.54 Å². The van der Waals surface area contributed by atoms with Crippen LogP contribution in [0.4, 0.5) is 0 Å². The van der Waals surface area contributed by atoms with E-state index in [1.54, 1.807) is 6.20 Å². The van der Waals surface area contributed by atoms with E-state index in [0.717, 1.165) is 50.7 Å². The standard InChI is InChI=1S/C18H25N5O.HI/c1-19-18(20-11-15-23-12-5-10-21-23)22-13-8-17(9-14-22)24-16-6-3-2-4-7-16;/h2-7,10,12,17H,8-9,11,13-15H2,1H3,(H,19,20);1H. The first kappa shape index (κ1) is 19.6. The summed E-state index contributed by atoms with van der Waals surface area (Å²) < 4.78 is 7.97. The quantitative estimate of drug-likeness (QED) is 0.428. The van der Waals surface area contributed by atoms with Gasteiger partial charge in [0, 0.05) is 51.9 Å². The number of nitrogens with zero attached hydrogens (tertiary/aromatic N) is 4. The van der Waals surface area contributed by atoms with E-state index >= 15 is 0 Å². The van der Waals surface area contributed by atoms with Gasteiger partial charge in [-0.05, 0) is 18.2 Å². The zero-order valence-corrected chi connectivity index (χ0v) is 16.9. The van der Waals surface area contributed by atoms with Gasteiger partial charge in [-0.2, -0.15) is 5.10 Å². The lowest BCUT2D eigenvalue weighted by Gasteiger charge is -2.34. The monoisotopic (exact) mass is 455 g/mol. The van der Waals surface area contributed by atoms with Gasteiger partial charge in [-0.25, -0.2) is 0 Å². The summed E-state index contributed by atoms with van der Waals surface area (Å²) in [5, 5.41) is 7.62. The van der Waals surface area contributed by atoms with Crippen molar-refractivity contribution in [2.45, 2.75) is 25.5 Å². The molecule has 0 bridgehead atoms. The van der Waals surface area contributed by atoms with Crippen molar-refractivity contribution in [1.82, 2.24) is 20.0 Å². The van der Waals surface area contributed by atoms with E-state index < -0.39 is 0 Å². The average molecular weight is 455 g/mol. The Morgan fingerprint density at radius 3 is 2.64 bits per heavy atom. The molecule has 1 saturated heterocycles. The molecule has 0 spiro atoms. The van der Waals surface area contributed by atoms with Gasteiger partial charge < -0.3 is 15.0 Å². The summed E-state index contributed by atoms with van der Waals surface area (Å²) in [4.78, 5) is 6.70. The fraction of sp³-hybridized carbons (Fsp3) is 0.444. The Morgan fingerprint density at radius 2 is 2.00 bits per heavy atom. The molecule has 7 heteroatoms. The molecule has 1 fully saturated rings. The maximum absolute atomic E-state index is 6.05. The highest BCUT2D eigenvalue weighted by Gasteiger charge is 2.22. The molecule has 136 valence electrons. The number of halogens is 1. The second kappa shape index (κ2) is 10.3. The highest BCUT2D eigenvalue weighted by atomic mass is 127. The topological polar surface area (TPSA) is 54.7 Å². The Balaban J connectivity index is 0.00000225. The second-order valence-electron chi connectivity index (χ2n) is 5.86. The number of para-hydroxylation sites is 1. The van der Waals surface area contributed by atoms with Gasteiger partial charge in [0.1, 0.15) is 11.9 Å². The number of aromatic nitrogens is 2. The lowest BCUT2D eigenvalue weighted by Crippen LogP contribution is -2.48. The van der Waals surface area contributed by atoms with Crippen molar-refractivity contribution in [2.24, 2.45) is 4.99 Å². The molecule has 0 atom stereocenters. The van der Waals surface area contributed by atoms with Crippen LogP contribution in [0.5, 0.6) is 5.75 Å². The van der Waals surface area contributed by atoms with Crippen molar-refractivity contribution >= 4 is 29.9 Å². The Bertz CT molecular complexity index is 624. The normalized spacial score (nSPS) is 15.6. The molecule has 0 aliphatic carbocycles. The second-order valence-corrected chi connectivity index (χ2v) is 5.86. The molecule has 1 N–H and O–H groups in total. The highest BCUT2D eigenvalue weighted by molar-refractivity contribution is 14.0. The molecule has 0 saturated carbocycles. The Morgan fingerprint density at radius 1 is 1.24 bits per heavy atom. The predicted octanol–water partition coefficient (Wildman–Crippen LogP) is 2.62. The molecule has 25 heavy (non-hydrogen) atoms. The minimum Gasteiger partial charge on any atom is -0.490 e. The average Bonchev–Trinajstić information content (AvgIpc) is 3.14. The maximum atomic E-state index is 6.05. The van der Waals surface area contributed by atoms with Crippen molar-refractivity contribution in [1.29, 1.82) is 0 Å². The molecular formula is C18H26IN5O. The molecule has 1 aliphatic heterocycles. The molecule has 2 aromatic rings. The molecule has 0 radical (unpaired) electrons. The molecule has 0 unspecified atom stereocenters. The zero-order valence-electron chi connectivity index (χ0n) is 14.5. The summed E-state index contributed by atoms with van der Waals surface area (Å²) in [6.45, 7) is 3.56. The van der Waals surface area contributed by atoms with Crippen molar-refractivity contribution in [3.05, 3.63) is 48.8 Å². The van der Waals surface area contributed by atoms with Crippen LogP contribution in [0, 0.1) is 0 Å². The van der Waals surface area contributed by atoms with Gasteiger partial charge in [0.2, 0.25) is 0 Å². The van der Waals surface area contributed by atoms with E-state index in [9.17, 15) is 0 Å². The van der Waals surface area contributed by atoms with E-state index in [1.807, 2.05) is 54.3 Å². The largest absolute Gasteiger partial charge is 0.490 e. The fourth-order valence-corrected chi connectivity index (χ4v) is 2.92. The number of piperidine rings is 1. The van der Waals surface area contributed by atoms with Crippen LogP contribution in [0.3, 0.4) is 0 Å². The number of rotatable bonds is 5. The molecule has 6 nitrogen and oxygen atoms in total. The minimum atomic E-state index is 0. The molecule has 0 amide bonds.